The lowest BCUT2D eigenvalue weighted by molar-refractivity contribution is -0.219. The Kier molecular flexibility index (Phi) is 5.50. The summed E-state index contributed by atoms with van der Waals surface area (Å²) >= 11 is 0. The largest absolute Gasteiger partial charge is 0.381 e. The molecule has 0 radical (unpaired) electrons. The summed E-state index contributed by atoms with van der Waals surface area (Å²) < 4.78 is 11.7. The molecule has 1 atom stereocenters. The van der Waals surface area contributed by atoms with Gasteiger partial charge in [0.15, 0.2) is 6.10 Å². The van der Waals surface area contributed by atoms with Gasteiger partial charge in [0.25, 0.3) is 5.91 Å². The van der Waals surface area contributed by atoms with Crippen LogP contribution >= 0.6 is 0 Å². The summed E-state index contributed by atoms with van der Waals surface area (Å²) in [6.45, 7) is 3.50. The molecule has 1 unspecified atom stereocenters. The SMILES string of the molecule is O=C(Cc1cccnc1)N1CCC(N2C(=O)C(OCC3CC3)C23CCOCC3)CC1. The predicted molar refractivity (Wildman–Crippen MR) is 110 cm³/mol. The van der Waals surface area contributed by atoms with Gasteiger partial charge < -0.3 is 19.3 Å². The highest BCUT2D eigenvalue weighted by Gasteiger charge is 2.63. The number of hydrogen-bond acceptors (Lipinski definition) is 5. The van der Waals surface area contributed by atoms with E-state index in [4.69, 9.17) is 9.47 Å². The van der Waals surface area contributed by atoms with Crippen LogP contribution in [0.3, 0.4) is 0 Å². The van der Waals surface area contributed by atoms with Crippen molar-refractivity contribution in [2.24, 2.45) is 5.92 Å². The number of β-lactam (4-membered cyclic amide) rings is 1. The molecule has 5 rings (SSSR count). The summed E-state index contributed by atoms with van der Waals surface area (Å²) in [4.78, 5) is 33.9. The van der Waals surface area contributed by atoms with Crippen LogP contribution in [-0.2, 0) is 25.5 Å². The van der Waals surface area contributed by atoms with Crippen molar-refractivity contribution >= 4 is 11.8 Å². The average Bonchev–Trinajstić information content (AvgIpc) is 3.60. The lowest BCUT2D eigenvalue weighted by atomic mass is 9.72. The van der Waals surface area contributed by atoms with Gasteiger partial charge in [-0.1, -0.05) is 6.07 Å². The highest BCUT2D eigenvalue weighted by Crippen LogP contribution is 2.46. The first kappa shape index (κ1) is 19.9. The lowest BCUT2D eigenvalue weighted by Crippen LogP contribution is -2.79. The number of likely N-dealkylation sites (tertiary alicyclic amines) is 2. The van der Waals surface area contributed by atoms with E-state index < -0.39 is 0 Å². The second-order valence-electron chi connectivity index (χ2n) is 9.23. The van der Waals surface area contributed by atoms with Gasteiger partial charge in [0.1, 0.15) is 0 Å². The minimum atomic E-state index is -0.299. The van der Waals surface area contributed by atoms with E-state index in [2.05, 4.69) is 9.88 Å². The fourth-order valence-corrected chi connectivity index (χ4v) is 5.31. The van der Waals surface area contributed by atoms with Crippen LogP contribution in [0.25, 0.3) is 0 Å². The third kappa shape index (κ3) is 3.73. The van der Waals surface area contributed by atoms with E-state index in [1.165, 1.54) is 12.8 Å². The predicted octanol–water partition coefficient (Wildman–Crippen LogP) is 1.80. The molecule has 3 aliphatic heterocycles. The fourth-order valence-electron chi connectivity index (χ4n) is 5.31. The van der Waals surface area contributed by atoms with Gasteiger partial charge in [0.05, 0.1) is 18.6 Å². The number of nitrogens with zero attached hydrogens (tertiary/aromatic N) is 3. The van der Waals surface area contributed by atoms with Crippen molar-refractivity contribution in [2.45, 2.75) is 62.6 Å². The van der Waals surface area contributed by atoms with Crippen LogP contribution in [0, 0.1) is 5.92 Å². The van der Waals surface area contributed by atoms with Crippen LogP contribution in [0.2, 0.25) is 0 Å². The zero-order valence-corrected chi connectivity index (χ0v) is 17.5. The molecular weight excluding hydrogens is 382 g/mol. The van der Waals surface area contributed by atoms with Crippen LogP contribution in [0.15, 0.2) is 24.5 Å². The molecule has 30 heavy (non-hydrogen) atoms. The van der Waals surface area contributed by atoms with E-state index in [0.717, 1.165) is 31.2 Å². The van der Waals surface area contributed by atoms with Crippen LogP contribution < -0.4 is 0 Å². The fraction of sp³-hybridized carbons (Fsp3) is 0.696. The smallest absolute Gasteiger partial charge is 0.254 e. The molecule has 0 N–H and O–H groups in total. The molecule has 1 aromatic rings. The molecule has 7 nitrogen and oxygen atoms in total. The van der Waals surface area contributed by atoms with Gasteiger partial charge in [-0.2, -0.15) is 0 Å². The Bertz CT molecular complexity index is 768. The van der Waals surface area contributed by atoms with Gasteiger partial charge in [-0.05, 0) is 56.1 Å². The van der Waals surface area contributed by atoms with E-state index in [1.807, 2.05) is 17.0 Å². The number of carbonyl (C=O) groups is 2. The molecule has 0 aromatic carbocycles. The maximum Gasteiger partial charge on any atom is 0.254 e. The van der Waals surface area contributed by atoms with E-state index in [0.29, 0.717) is 45.2 Å². The molecular formula is C23H31N3O4. The minimum absolute atomic E-state index is 0.141. The minimum Gasteiger partial charge on any atom is -0.381 e. The molecule has 0 bridgehead atoms. The molecule has 162 valence electrons. The quantitative estimate of drug-likeness (QED) is 0.665. The van der Waals surface area contributed by atoms with E-state index in [-0.39, 0.29) is 29.5 Å². The van der Waals surface area contributed by atoms with Crippen molar-refractivity contribution in [2.75, 3.05) is 32.9 Å². The number of amides is 2. The van der Waals surface area contributed by atoms with Crippen molar-refractivity contribution in [3.8, 4) is 0 Å². The van der Waals surface area contributed by atoms with Crippen molar-refractivity contribution in [1.29, 1.82) is 0 Å². The first-order valence-corrected chi connectivity index (χ1v) is 11.4. The summed E-state index contributed by atoms with van der Waals surface area (Å²) in [6.07, 6.45) is 9.40. The summed E-state index contributed by atoms with van der Waals surface area (Å²) in [5.41, 5.74) is 0.746. The number of hydrogen-bond donors (Lipinski definition) is 0. The molecule has 1 aliphatic carbocycles. The van der Waals surface area contributed by atoms with Crippen LogP contribution in [0.4, 0.5) is 0 Å². The standard InChI is InChI=1S/C23H31N3O4/c27-20(14-18-2-1-9-24-15-18)25-10-5-19(6-11-25)26-22(28)21(30-16-17-3-4-17)23(26)7-12-29-13-8-23/h1-2,9,15,17,19,21H,3-8,10-14,16H2. The lowest BCUT2D eigenvalue weighted by Gasteiger charge is -2.62. The molecule has 4 heterocycles. The Labute approximate surface area is 177 Å². The highest BCUT2D eigenvalue weighted by atomic mass is 16.5. The number of piperidine rings is 1. The zero-order valence-electron chi connectivity index (χ0n) is 17.5. The van der Waals surface area contributed by atoms with Gasteiger partial charge in [0.2, 0.25) is 5.91 Å². The molecule has 1 spiro atoms. The van der Waals surface area contributed by atoms with Gasteiger partial charge in [0, 0.05) is 44.7 Å². The highest BCUT2D eigenvalue weighted by molar-refractivity contribution is 5.91. The Morgan fingerprint density at radius 3 is 2.63 bits per heavy atom. The maximum atomic E-state index is 13.1. The van der Waals surface area contributed by atoms with Gasteiger partial charge in [-0.3, -0.25) is 14.6 Å². The summed E-state index contributed by atoms with van der Waals surface area (Å²) in [5, 5.41) is 0. The summed E-state index contributed by atoms with van der Waals surface area (Å²) in [7, 11) is 0. The van der Waals surface area contributed by atoms with Gasteiger partial charge >= 0.3 is 0 Å². The number of pyridine rings is 1. The molecule has 4 aliphatic rings. The second kappa shape index (κ2) is 8.27. The average molecular weight is 414 g/mol. The monoisotopic (exact) mass is 413 g/mol. The van der Waals surface area contributed by atoms with E-state index in [9.17, 15) is 9.59 Å². The third-order valence-corrected chi connectivity index (χ3v) is 7.24. The summed E-state index contributed by atoms with van der Waals surface area (Å²) in [5.74, 6) is 0.943. The third-order valence-electron chi connectivity index (χ3n) is 7.24. The number of rotatable bonds is 6. The normalized spacial score (nSPS) is 26.7. The van der Waals surface area contributed by atoms with Gasteiger partial charge in [-0.15, -0.1) is 0 Å². The first-order chi connectivity index (χ1) is 14.7. The van der Waals surface area contributed by atoms with Crippen molar-refractivity contribution in [3.63, 3.8) is 0 Å². The van der Waals surface area contributed by atoms with Crippen molar-refractivity contribution in [3.05, 3.63) is 30.1 Å². The molecule has 4 fully saturated rings. The van der Waals surface area contributed by atoms with Crippen LogP contribution in [-0.4, -0.2) is 77.2 Å². The van der Waals surface area contributed by atoms with Crippen LogP contribution in [0.5, 0.6) is 0 Å². The number of ether oxygens (including phenoxy) is 2. The maximum absolute atomic E-state index is 13.1. The van der Waals surface area contributed by atoms with E-state index in [1.54, 1.807) is 12.4 Å². The van der Waals surface area contributed by atoms with Crippen molar-refractivity contribution in [1.82, 2.24) is 14.8 Å². The Hall–Kier alpha value is -1.99. The topological polar surface area (TPSA) is 72.0 Å². The number of carbonyl (C=O) groups excluding carboxylic acids is 2. The first-order valence-electron chi connectivity index (χ1n) is 11.4. The molecule has 1 aromatic heterocycles. The molecule has 1 saturated carbocycles. The summed E-state index contributed by atoms with van der Waals surface area (Å²) in [6, 6.07) is 3.99. The van der Waals surface area contributed by atoms with Gasteiger partial charge in [-0.25, -0.2) is 0 Å². The van der Waals surface area contributed by atoms with Crippen molar-refractivity contribution < 1.29 is 19.1 Å². The molecule has 7 heteroatoms. The van der Waals surface area contributed by atoms with E-state index >= 15 is 0 Å². The van der Waals surface area contributed by atoms with Crippen LogP contribution in [0.1, 0.15) is 44.1 Å². The Balaban J connectivity index is 1.20. The molecule has 2 amide bonds. The number of aromatic nitrogens is 1. The Morgan fingerprint density at radius 1 is 1.20 bits per heavy atom. The zero-order chi connectivity index (χ0) is 20.6. The molecule has 3 saturated heterocycles. The Morgan fingerprint density at radius 2 is 1.97 bits per heavy atom. The second-order valence-corrected chi connectivity index (χ2v) is 9.23.